The molecule has 0 radical (unpaired) electrons. The zero-order chi connectivity index (χ0) is 13.5. The van der Waals surface area contributed by atoms with E-state index < -0.39 is 12.0 Å². The fourth-order valence-corrected chi connectivity index (χ4v) is 3.67. The van der Waals surface area contributed by atoms with Gasteiger partial charge in [0.15, 0.2) is 0 Å². The van der Waals surface area contributed by atoms with Gasteiger partial charge in [0.05, 0.1) is 5.37 Å². The molecule has 5 nitrogen and oxygen atoms in total. The van der Waals surface area contributed by atoms with E-state index in [-0.39, 0.29) is 11.4 Å². The number of thioether (sulfide) groups is 2. The summed E-state index contributed by atoms with van der Waals surface area (Å²) in [4.78, 5) is 24.7. The third-order valence-corrected chi connectivity index (χ3v) is 4.70. The number of rotatable bonds is 6. The van der Waals surface area contributed by atoms with Gasteiger partial charge in [-0.3, -0.25) is 4.90 Å². The summed E-state index contributed by atoms with van der Waals surface area (Å²) in [6, 6.07) is -0.944. The molecule has 1 fully saturated rings. The molecule has 2 unspecified atom stereocenters. The van der Waals surface area contributed by atoms with Crippen LogP contribution in [0.5, 0.6) is 0 Å². The van der Waals surface area contributed by atoms with Gasteiger partial charge in [0.25, 0.3) is 0 Å². The van der Waals surface area contributed by atoms with Crippen LogP contribution in [-0.2, 0) is 4.79 Å². The molecular formula is C11H20N2O3S2. The summed E-state index contributed by atoms with van der Waals surface area (Å²) in [5.41, 5.74) is 0. The van der Waals surface area contributed by atoms with Gasteiger partial charge in [-0.1, -0.05) is 13.3 Å². The van der Waals surface area contributed by atoms with Crippen molar-refractivity contribution in [2.75, 3.05) is 24.3 Å². The molecule has 0 bridgehead atoms. The number of carboxylic acid groups (broad SMARTS) is 1. The van der Waals surface area contributed by atoms with Gasteiger partial charge in [0, 0.05) is 18.1 Å². The number of aliphatic carboxylic acids is 1. The van der Waals surface area contributed by atoms with E-state index in [0.29, 0.717) is 12.3 Å². The third kappa shape index (κ3) is 3.98. The van der Waals surface area contributed by atoms with E-state index >= 15 is 0 Å². The number of amides is 2. The zero-order valence-electron chi connectivity index (χ0n) is 10.7. The van der Waals surface area contributed by atoms with Crippen molar-refractivity contribution in [2.45, 2.75) is 31.2 Å². The fraction of sp³-hybridized carbons (Fsp3) is 0.818. The van der Waals surface area contributed by atoms with E-state index in [2.05, 4.69) is 5.32 Å². The van der Waals surface area contributed by atoms with Gasteiger partial charge in [0.2, 0.25) is 0 Å². The summed E-state index contributed by atoms with van der Waals surface area (Å²) < 4.78 is 0. The summed E-state index contributed by atoms with van der Waals surface area (Å²) >= 11 is 3.21. The van der Waals surface area contributed by atoms with Gasteiger partial charge >= 0.3 is 12.0 Å². The Morgan fingerprint density at radius 1 is 1.56 bits per heavy atom. The molecule has 0 spiro atoms. The zero-order valence-corrected chi connectivity index (χ0v) is 12.4. The van der Waals surface area contributed by atoms with E-state index in [1.54, 1.807) is 23.5 Å². The van der Waals surface area contributed by atoms with Gasteiger partial charge < -0.3 is 10.4 Å². The Labute approximate surface area is 116 Å². The number of carboxylic acids is 1. The highest BCUT2D eigenvalue weighted by Gasteiger charge is 2.40. The lowest BCUT2D eigenvalue weighted by Gasteiger charge is -2.27. The topological polar surface area (TPSA) is 69.6 Å². The Morgan fingerprint density at radius 3 is 2.83 bits per heavy atom. The van der Waals surface area contributed by atoms with Gasteiger partial charge in [0.1, 0.15) is 6.04 Å². The lowest BCUT2D eigenvalue weighted by molar-refractivity contribution is -0.141. The number of nitrogens with one attached hydrogen (secondary N) is 1. The summed E-state index contributed by atoms with van der Waals surface area (Å²) in [7, 11) is 0. The molecule has 7 heteroatoms. The molecular weight excluding hydrogens is 272 g/mol. The molecule has 0 aromatic rings. The van der Waals surface area contributed by atoms with Crippen LogP contribution in [0.1, 0.15) is 19.8 Å². The lowest BCUT2D eigenvalue weighted by atomic mass is 10.2. The highest BCUT2D eigenvalue weighted by atomic mass is 32.2. The van der Waals surface area contributed by atoms with Crippen LogP contribution in [0, 0.1) is 0 Å². The Bertz CT molecular complexity index is 302. The minimum absolute atomic E-state index is 0.00891. The molecule has 1 aliphatic rings. The van der Waals surface area contributed by atoms with Crippen LogP contribution in [0.25, 0.3) is 0 Å². The quantitative estimate of drug-likeness (QED) is 0.729. The molecule has 104 valence electrons. The van der Waals surface area contributed by atoms with Crippen LogP contribution in [0.4, 0.5) is 4.79 Å². The first-order valence-corrected chi connectivity index (χ1v) is 8.45. The molecule has 1 aliphatic heterocycles. The van der Waals surface area contributed by atoms with Crippen molar-refractivity contribution in [3.8, 4) is 0 Å². The van der Waals surface area contributed by atoms with E-state index in [1.165, 1.54) is 4.90 Å². The fourth-order valence-electron chi connectivity index (χ4n) is 1.85. The number of urea groups is 1. The second-order valence-electron chi connectivity index (χ2n) is 4.06. The summed E-state index contributed by atoms with van der Waals surface area (Å²) in [5, 5.41) is 11.9. The number of hydrogen-bond donors (Lipinski definition) is 2. The van der Waals surface area contributed by atoms with Crippen LogP contribution in [0.2, 0.25) is 0 Å². The predicted octanol–water partition coefficient (Wildman–Crippen LogP) is 1.69. The largest absolute Gasteiger partial charge is 0.480 e. The molecule has 2 N–H and O–H groups in total. The standard InChI is InChI=1S/C11H20N2O3S2/c1-3-4-9-13(8(7-18-9)10(14)15)11(16)12-5-6-17-2/h8-9H,3-7H2,1-2H3,(H,12,16)(H,14,15). The average Bonchev–Trinajstić information content (AvgIpc) is 2.73. The van der Waals surface area contributed by atoms with E-state index in [0.717, 1.165) is 18.6 Å². The first-order chi connectivity index (χ1) is 8.61. The Morgan fingerprint density at radius 2 is 2.28 bits per heavy atom. The van der Waals surface area contributed by atoms with Crippen molar-refractivity contribution in [1.82, 2.24) is 10.2 Å². The summed E-state index contributed by atoms with van der Waals surface area (Å²) in [6.07, 6.45) is 3.75. The number of nitrogens with zero attached hydrogens (tertiary/aromatic N) is 1. The highest BCUT2D eigenvalue weighted by Crippen LogP contribution is 2.32. The van der Waals surface area contributed by atoms with Crippen molar-refractivity contribution in [2.24, 2.45) is 0 Å². The van der Waals surface area contributed by atoms with Gasteiger partial charge in [-0.15, -0.1) is 11.8 Å². The maximum atomic E-state index is 12.0. The summed E-state index contributed by atoms with van der Waals surface area (Å²) in [5.74, 6) is 0.403. The maximum Gasteiger partial charge on any atom is 0.327 e. The minimum Gasteiger partial charge on any atom is -0.480 e. The Balaban J connectivity index is 2.63. The van der Waals surface area contributed by atoms with Gasteiger partial charge in [-0.2, -0.15) is 11.8 Å². The number of hydrogen-bond acceptors (Lipinski definition) is 4. The van der Waals surface area contributed by atoms with Crippen LogP contribution in [0.3, 0.4) is 0 Å². The Hall–Kier alpha value is -0.560. The maximum absolute atomic E-state index is 12.0. The second-order valence-corrected chi connectivity index (χ2v) is 6.26. The molecule has 1 heterocycles. The first-order valence-electron chi connectivity index (χ1n) is 6.01. The predicted molar refractivity (Wildman–Crippen MR) is 76.2 cm³/mol. The molecule has 0 aromatic heterocycles. The Kier molecular flexibility index (Phi) is 6.70. The van der Waals surface area contributed by atoms with Crippen molar-refractivity contribution < 1.29 is 14.7 Å². The van der Waals surface area contributed by atoms with Crippen molar-refractivity contribution >= 4 is 35.5 Å². The van der Waals surface area contributed by atoms with Crippen LogP contribution >= 0.6 is 23.5 Å². The normalized spacial score (nSPS) is 23.1. The van der Waals surface area contributed by atoms with Gasteiger partial charge in [-0.05, 0) is 12.7 Å². The van der Waals surface area contributed by atoms with Crippen molar-refractivity contribution in [1.29, 1.82) is 0 Å². The van der Waals surface area contributed by atoms with Crippen LogP contribution in [-0.4, -0.2) is 57.7 Å². The minimum atomic E-state index is -0.916. The SMILES string of the molecule is CCCC1SCC(C(=O)O)N1C(=O)NCCSC. The van der Waals surface area contributed by atoms with Crippen LogP contribution in [0.15, 0.2) is 0 Å². The van der Waals surface area contributed by atoms with E-state index in [1.807, 2.05) is 13.2 Å². The smallest absolute Gasteiger partial charge is 0.327 e. The lowest BCUT2D eigenvalue weighted by Crippen LogP contribution is -2.50. The third-order valence-electron chi connectivity index (χ3n) is 2.73. The van der Waals surface area contributed by atoms with Crippen molar-refractivity contribution in [3.05, 3.63) is 0 Å². The van der Waals surface area contributed by atoms with Crippen molar-refractivity contribution in [3.63, 3.8) is 0 Å². The van der Waals surface area contributed by atoms with E-state index in [4.69, 9.17) is 5.11 Å². The number of carbonyl (C=O) groups is 2. The average molecular weight is 292 g/mol. The van der Waals surface area contributed by atoms with Gasteiger partial charge in [-0.25, -0.2) is 9.59 Å². The molecule has 1 rings (SSSR count). The number of carbonyl (C=O) groups excluding carboxylic acids is 1. The highest BCUT2D eigenvalue weighted by molar-refractivity contribution is 8.00. The molecule has 0 aromatic carbocycles. The monoisotopic (exact) mass is 292 g/mol. The van der Waals surface area contributed by atoms with Crippen LogP contribution < -0.4 is 5.32 Å². The summed E-state index contributed by atoms with van der Waals surface area (Å²) in [6.45, 7) is 2.62. The molecule has 0 saturated carbocycles. The second kappa shape index (κ2) is 7.78. The molecule has 0 aliphatic carbocycles. The molecule has 2 amide bonds. The molecule has 2 atom stereocenters. The first kappa shape index (κ1) is 15.5. The molecule has 1 saturated heterocycles. The molecule has 18 heavy (non-hydrogen) atoms. The van der Waals surface area contributed by atoms with E-state index in [9.17, 15) is 9.59 Å².